The molecule has 0 aromatic heterocycles. The van der Waals surface area contributed by atoms with Crippen molar-refractivity contribution < 1.29 is 4.74 Å². The van der Waals surface area contributed by atoms with Crippen molar-refractivity contribution in [3.8, 4) is 5.75 Å². The second kappa shape index (κ2) is 9.68. The van der Waals surface area contributed by atoms with Gasteiger partial charge in [0.2, 0.25) is 0 Å². The second-order valence-corrected chi connectivity index (χ2v) is 5.62. The van der Waals surface area contributed by atoms with E-state index in [4.69, 9.17) is 4.74 Å². The van der Waals surface area contributed by atoms with Crippen LogP contribution in [0.5, 0.6) is 5.75 Å². The molecule has 0 spiro atoms. The van der Waals surface area contributed by atoms with Crippen molar-refractivity contribution >= 4 is 5.69 Å². The molecule has 1 saturated heterocycles. The van der Waals surface area contributed by atoms with Crippen LogP contribution in [0.4, 0.5) is 5.69 Å². The summed E-state index contributed by atoms with van der Waals surface area (Å²) in [4.78, 5) is 2.44. The van der Waals surface area contributed by atoms with Crippen molar-refractivity contribution in [3.63, 3.8) is 0 Å². The Balaban J connectivity index is 0.000000347. The Morgan fingerprint density at radius 2 is 1.75 bits per heavy atom. The maximum Gasteiger partial charge on any atom is 0.119 e. The van der Waals surface area contributed by atoms with Gasteiger partial charge in [-0.2, -0.15) is 0 Å². The van der Waals surface area contributed by atoms with Crippen LogP contribution in [0.1, 0.15) is 53.4 Å². The molecule has 1 atom stereocenters. The first-order valence-corrected chi connectivity index (χ1v) is 8.19. The highest BCUT2D eigenvalue weighted by Crippen LogP contribution is 2.25. The lowest BCUT2D eigenvalue weighted by Crippen LogP contribution is -2.18. The fourth-order valence-corrected chi connectivity index (χ4v) is 2.44. The van der Waals surface area contributed by atoms with E-state index in [1.54, 1.807) is 0 Å². The van der Waals surface area contributed by atoms with E-state index in [1.807, 2.05) is 6.92 Å². The average molecular weight is 277 g/mol. The lowest BCUT2D eigenvalue weighted by atomic mass is 10.2. The number of hydrogen-bond donors (Lipinski definition) is 0. The Morgan fingerprint density at radius 3 is 2.15 bits per heavy atom. The summed E-state index contributed by atoms with van der Waals surface area (Å²) >= 11 is 0. The third-order valence-corrected chi connectivity index (χ3v) is 3.64. The quantitative estimate of drug-likeness (QED) is 0.740. The summed E-state index contributed by atoms with van der Waals surface area (Å²) in [7, 11) is 0. The van der Waals surface area contributed by atoms with Gasteiger partial charge >= 0.3 is 0 Å². The summed E-state index contributed by atoms with van der Waals surface area (Å²) in [6.45, 7) is 11.9. The van der Waals surface area contributed by atoms with Crippen LogP contribution in [0, 0.1) is 5.92 Å². The van der Waals surface area contributed by atoms with Gasteiger partial charge in [0.1, 0.15) is 5.75 Å². The zero-order valence-electron chi connectivity index (χ0n) is 13.7. The van der Waals surface area contributed by atoms with Gasteiger partial charge < -0.3 is 9.64 Å². The van der Waals surface area contributed by atoms with E-state index in [9.17, 15) is 0 Å². The van der Waals surface area contributed by atoms with Gasteiger partial charge in [-0.25, -0.2) is 0 Å². The zero-order chi connectivity index (χ0) is 14.8. The maximum atomic E-state index is 5.43. The third-order valence-electron chi connectivity index (χ3n) is 3.64. The molecule has 114 valence electrons. The fraction of sp³-hybridized carbons (Fsp3) is 0.667. The Hall–Kier alpha value is -1.18. The van der Waals surface area contributed by atoms with E-state index in [-0.39, 0.29) is 0 Å². The van der Waals surface area contributed by atoms with Crippen molar-refractivity contribution in [1.82, 2.24) is 0 Å². The largest absolute Gasteiger partial charge is 0.494 e. The van der Waals surface area contributed by atoms with Crippen LogP contribution in [-0.2, 0) is 0 Å². The molecule has 20 heavy (non-hydrogen) atoms. The molecular formula is C18H31NO. The van der Waals surface area contributed by atoms with Gasteiger partial charge in [-0.3, -0.25) is 0 Å². The van der Waals surface area contributed by atoms with Crippen molar-refractivity contribution in [3.05, 3.63) is 24.3 Å². The van der Waals surface area contributed by atoms with Gasteiger partial charge in [-0.05, 0) is 43.5 Å². The predicted octanol–water partition coefficient (Wildman–Crippen LogP) is 5.13. The number of benzene rings is 1. The second-order valence-electron chi connectivity index (χ2n) is 5.62. The van der Waals surface area contributed by atoms with Crippen molar-refractivity contribution in [1.29, 1.82) is 0 Å². The van der Waals surface area contributed by atoms with Gasteiger partial charge in [0.25, 0.3) is 0 Å². The first-order valence-electron chi connectivity index (χ1n) is 8.19. The van der Waals surface area contributed by atoms with Crippen molar-refractivity contribution in [2.75, 3.05) is 24.6 Å². The molecule has 1 unspecified atom stereocenters. The van der Waals surface area contributed by atoms with Gasteiger partial charge in [0.05, 0.1) is 6.61 Å². The Kier molecular flexibility index (Phi) is 8.17. The molecule has 1 aliphatic rings. The maximum absolute atomic E-state index is 5.43. The molecule has 1 aliphatic heterocycles. The van der Waals surface area contributed by atoms with Gasteiger partial charge in [-0.15, -0.1) is 0 Å². The third kappa shape index (κ3) is 5.85. The van der Waals surface area contributed by atoms with Crippen LogP contribution in [0.2, 0.25) is 0 Å². The Morgan fingerprint density at radius 1 is 1.10 bits per heavy atom. The van der Waals surface area contributed by atoms with E-state index in [0.29, 0.717) is 0 Å². The molecule has 1 aromatic rings. The number of anilines is 1. The van der Waals surface area contributed by atoms with E-state index in [2.05, 4.69) is 49.9 Å². The number of nitrogens with zero attached hydrogens (tertiary/aromatic N) is 1. The van der Waals surface area contributed by atoms with Crippen molar-refractivity contribution in [2.45, 2.75) is 53.4 Å². The number of rotatable bonds is 5. The van der Waals surface area contributed by atoms with Gasteiger partial charge in [-0.1, -0.05) is 40.0 Å². The minimum Gasteiger partial charge on any atom is -0.494 e. The fourth-order valence-electron chi connectivity index (χ4n) is 2.44. The lowest BCUT2D eigenvalue weighted by molar-refractivity contribution is 0.340. The summed E-state index contributed by atoms with van der Waals surface area (Å²) < 4.78 is 5.43. The normalized spacial score (nSPS) is 17.6. The predicted molar refractivity (Wildman–Crippen MR) is 88.8 cm³/mol. The first-order chi connectivity index (χ1) is 9.71. The van der Waals surface area contributed by atoms with Crippen LogP contribution in [-0.4, -0.2) is 19.7 Å². The smallest absolute Gasteiger partial charge is 0.119 e. The average Bonchev–Trinajstić information content (AvgIpc) is 2.88. The van der Waals surface area contributed by atoms with E-state index < -0.39 is 0 Å². The molecule has 2 nitrogen and oxygen atoms in total. The molecule has 0 bridgehead atoms. The molecule has 1 fully saturated rings. The lowest BCUT2D eigenvalue weighted by Gasteiger charge is -2.18. The van der Waals surface area contributed by atoms with Crippen LogP contribution < -0.4 is 9.64 Å². The molecule has 0 amide bonds. The molecule has 2 rings (SSSR count). The summed E-state index contributed by atoms with van der Waals surface area (Å²) in [5.41, 5.74) is 1.32. The standard InChI is InChI=1S/C13H19NO.C5H12/c1-3-15-13-6-4-12(5-7-13)14-9-8-11(2)10-14;1-3-5-4-2/h4-7,11H,3,8-10H2,1-2H3;3-5H2,1-2H3. The highest BCUT2D eigenvalue weighted by molar-refractivity contribution is 5.49. The number of unbranched alkanes of at least 4 members (excludes halogenated alkanes) is 2. The highest BCUT2D eigenvalue weighted by atomic mass is 16.5. The number of ether oxygens (including phenoxy) is 1. The van der Waals surface area contributed by atoms with E-state index in [1.165, 1.54) is 44.5 Å². The minimum absolute atomic E-state index is 0.736. The Bertz CT molecular complexity index is 345. The molecule has 2 heteroatoms. The monoisotopic (exact) mass is 277 g/mol. The molecule has 1 aromatic carbocycles. The topological polar surface area (TPSA) is 12.5 Å². The molecule has 0 radical (unpaired) electrons. The summed E-state index contributed by atoms with van der Waals surface area (Å²) in [6, 6.07) is 8.43. The van der Waals surface area contributed by atoms with Gasteiger partial charge in [0, 0.05) is 18.8 Å². The Labute approximate surface area is 125 Å². The molecule has 1 heterocycles. The van der Waals surface area contributed by atoms with Crippen LogP contribution in [0.3, 0.4) is 0 Å². The molecule has 0 N–H and O–H groups in total. The first kappa shape index (κ1) is 16.9. The highest BCUT2D eigenvalue weighted by Gasteiger charge is 2.18. The number of hydrogen-bond acceptors (Lipinski definition) is 2. The zero-order valence-corrected chi connectivity index (χ0v) is 13.7. The van der Waals surface area contributed by atoms with Crippen molar-refractivity contribution in [2.24, 2.45) is 5.92 Å². The minimum atomic E-state index is 0.736. The molecule has 0 saturated carbocycles. The van der Waals surface area contributed by atoms with Crippen LogP contribution in [0.25, 0.3) is 0 Å². The summed E-state index contributed by atoms with van der Waals surface area (Å²) in [5.74, 6) is 1.80. The molecular weight excluding hydrogens is 246 g/mol. The van der Waals surface area contributed by atoms with Crippen LogP contribution in [0.15, 0.2) is 24.3 Å². The van der Waals surface area contributed by atoms with Crippen LogP contribution >= 0.6 is 0 Å². The molecule has 0 aliphatic carbocycles. The van der Waals surface area contributed by atoms with E-state index >= 15 is 0 Å². The summed E-state index contributed by atoms with van der Waals surface area (Å²) in [6.07, 6.45) is 5.39. The van der Waals surface area contributed by atoms with E-state index in [0.717, 1.165) is 18.3 Å². The summed E-state index contributed by atoms with van der Waals surface area (Å²) in [5, 5.41) is 0. The van der Waals surface area contributed by atoms with Gasteiger partial charge in [0.15, 0.2) is 0 Å². The SMILES string of the molecule is CCCCC.CCOc1ccc(N2CCC(C)C2)cc1.